The summed E-state index contributed by atoms with van der Waals surface area (Å²) >= 11 is 0. The molecule has 0 aromatic carbocycles. The summed E-state index contributed by atoms with van der Waals surface area (Å²) in [5, 5.41) is 0. The van der Waals surface area contributed by atoms with E-state index in [2.05, 4.69) is 21.8 Å². The second-order valence-electron chi connectivity index (χ2n) is 8.25. The molecule has 2 bridgehead atoms. The highest BCUT2D eigenvalue weighted by Crippen LogP contribution is 2.45. The number of aromatic nitrogens is 2. The first-order valence-corrected chi connectivity index (χ1v) is 10.3. The first-order chi connectivity index (χ1) is 13.1. The van der Waals surface area contributed by atoms with Gasteiger partial charge in [0.05, 0.1) is 19.0 Å². The molecule has 3 aliphatic heterocycles. The van der Waals surface area contributed by atoms with E-state index in [-0.39, 0.29) is 6.09 Å². The van der Waals surface area contributed by atoms with Gasteiger partial charge in [-0.05, 0) is 64.2 Å². The molecule has 27 heavy (non-hydrogen) atoms. The maximum absolute atomic E-state index is 13.1. The Hall–Kier alpha value is -1.92. The molecule has 3 aliphatic rings. The lowest BCUT2D eigenvalue weighted by Crippen LogP contribution is -2.50. The van der Waals surface area contributed by atoms with Crippen molar-refractivity contribution in [1.82, 2.24) is 14.9 Å². The van der Waals surface area contributed by atoms with Crippen LogP contribution in [0.4, 0.5) is 15.1 Å². The van der Waals surface area contributed by atoms with Crippen molar-refractivity contribution in [1.29, 1.82) is 0 Å². The zero-order chi connectivity index (χ0) is 19.0. The molecule has 5 atom stereocenters. The van der Waals surface area contributed by atoms with Gasteiger partial charge < -0.3 is 14.5 Å². The van der Waals surface area contributed by atoms with Gasteiger partial charge >= 0.3 is 6.09 Å². The Kier molecular flexibility index (Phi) is 5.19. The van der Waals surface area contributed by atoms with Gasteiger partial charge in [0.2, 0.25) is 5.95 Å². The number of carbonyl (C=O) groups excluding carboxylic acids is 1. The fraction of sp³-hybridized carbons (Fsp3) is 0.750. The molecule has 4 rings (SSSR count). The lowest BCUT2D eigenvalue weighted by molar-refractivity contribution is 0.0450. The van der Waals surface area contributed by atoms with Crippen molar-refractivity contribution in [2.24, 2.45) is 11.8 Å². The summed E-state index contributed by atoms with van der Waals surface area (Å²) in [6, 6.07) is 1.04. The quantitative estimate of drug-likeness (QED) is 0.806. The molecule has 4 heterocycles. The number of hydrogen-bond acceptors (Lipinski definition) is 5. The van der Waals surface area contributed by atoms with Gasteiger partial charge in [0.1, 0.15) is 0 Å². The van der Waals surface area contributed by atoms with Crippen molar-refractivity contribution in [2.45, 2.75) is 70.5 Å². The molecule has 1 amide bonds. The van der Waals surface area contributed by atoms with Gasteiger partial charge in [0, 0.05) is 24.7 Å². The fourth-order valence-electron chi connectivity index (χ4n) is 5.49. The van der Waals surface area contributed by atoms with Gasteiger partial charge in [-0.25, -0.2) is 19.2 Å². The van der Waals surface area contributed by atoms with Crippen LogP contribution in [-0.4, -0.2) is 52.2 Å². The smallest absolute Gasteiger partial charge is 0.410 e. The van der Waals surface area contributed by atoms with E-state index in [4.69, 9.17) is 4.74 Å². The van der Waals surface area contributed by atoms with Crippen LogP contribution in [0.25, 0.3) is 0 Å². The van der Waals surface area contributed by atoms with Gasteiger partial charge in [0.15, 0.2) is 5.82 Å². The number of halogens is 1. The van der Waals surface area contributed by atoms with Gasteiger partial charge in [-0.3, -0.25) is 0 Å². The first kappa shape index (κ1) is 18.4. The summed E-state index contributed by atoms with van der Waals surface area (Å²) < 4.78 is 18.4. The second-order valence-corrected chi connectivity index (χ2v) is 8.25. The van der Waals surface area contributed by atoms with Crippen LogP contribution in [0, 0.1) is 17.7 Å². The van der Waals surface area contributed by atoms with Crippen molar-refractivity contribution in [2.75, 3.05) is 18.1 Å². The van der Waals surface area contributed by atoms with Crippen molar-refractivity contribution in [3.05, 3.63) is 18.2 Å². The van der Waals surface area contributed by atoms with Crippen LogP contribution in [0.1, 0.15) is 52.4 Å². The summed E-state index contributed by atoms with van der Waals surface area (Å²) in [5.74, 6) is 1.57. The van der Waals surface area contributed by atoms with Gasteiger partial charge in [-0.1, -0.05) is 0 Å². The predicted molar refractivity (Wildman–Crippen MR) is 99.9 cm³/mol. The molecule has 6 nitrogen and oxygen atoms in total. The maximum Gasteiger partial charge on any atom is 0.410 e. The van der Waals surface area contributed by atoms with E-state index in [0.717, 1.165) is 45.1 Å². The minimum absolute atomic E-state index is 0.125. The number of fused-ring (bicyclic) bond motifs is 2. The molecule has 3 fully saturated rings. The van der Waals surface area contributed by atoms with Gasteiger partial charge in [-0.15, -0.1) is 0 Å². The Bertz CT molecular complexity index is 656. The number of amides is 1. The third-order valence-electron chi connectivity index (χ3n) is 6.70. The molecule has 3 saturated heterocycles. The molecule has 1 aromatic rings. The monoisotopic (exact) mass is 376 g/mol. The second kappa shape index (κ2) is 7.60. The van der Waals surface area contributed by atoms with Crippen molar-refractivity contribution in [3.8, 4) is 0 Å². The molecular formula is C20H29FN4O2. The maximum atomic E-state index is 13.1. The SMILES string of the molecule is CCOC(=O)N1[C@@H]2CC[C@H]1CC([C@H]1CCN(c3ncc(F)cn3)[C@@H](C)C1)C2. The van der Waals surface area contributed by atoms with E-state index in [1.807, 2.05) is 11.8 Å². The highest BCUT2D eigenvalue weighted by molar-refractivity contribution is 5.69. The number of nitrogens with zero attached hydrogens (tertiary/aromatic N) is 4. The summed E-state index contributed by atoms with van der Waals surface area (Å²) in [5.41, 5.74) is 0. The standard InChI is InChI=1S/C20H29FN4O2/c1-3-27-20(26)25-17-4-5-18(25)10-15(9-17)14-6-7-24(13(2)8-14)19-22-11-16(21)12-23-19/h11-15,17-18H,3-10H2,1-2H3/t13-,14-,15?,17-,18+/m0/s1. The zero-order valence-electron chi connectivity index (χ0n) is 16.2. The van der Waals surface area contributed by atoms with E-state index in [9.17, 15) is 9.18 Å². The molecule has 0 N–H and O–H groups in total. The number of ether oxygens (including phenoxy) is 1. The van der Waals surface area contributed by atoms with Crippen LogP contribution >= 0.6 is 0 Å². The molecule has 7 heteroatoms. The van der Waals surface area contributed by atoms with Crippen molar-refractivity contribution in [3.63, 3.8) is 0 Å². The Morgan fingerprint density at radius 1 is 1.15 bits per heavy atom. The van der Waals surface area contributed by atoms with Gasteiger partial charge in [0.25, 0.3) is 0 Å². The van der Waals surface area contributed by atoms with Crippen molar-refractivity contribution < 1.29 is 13.9 Å². The van der Waals surface area contributed by atoms with Crippen LogP contribution in [-0.2, 0) is 4.74 Å². The lowest BCUT2D eigenvalue weighted by atomic mass is 9.75. The predicted octanol–water partition coefficient (Wildman–Crippen LogP) is 3.62. The number of rotatable bonds is 3. The summed E-state index contributed by atoms with van der Waals surface area (Å²) in [6.07, 6.45) is 8.97. The number of hydrogen-bond donors (Lipinski definition) is 0. The zero-order valence-corrected chi connectivity index (χ0v) is 16.2. The van der Waals surface area contributed by atoms with Crippen LogP contribution in [0.5, 0.6) is 0 Å². The van der Waals surface area contributed by atoms with Crippen molar-refractivity contribution >= 4 is 12.0 Å². The lowest BCUT2D eigenvalue weighted by Gasteiger charge is -2.45. The fourth-order valence-corrected chi connectivity index (χ4v) is 5.49. The van der Waals surface area contributed by atoms with Gasteiger partial charge in [-0.2, -0.15) is 0 Å². The van der Waals surface area contributed by atoms with E-state index in [1.54, 1.807) is 0 Å². The van der Waals surface area contributed by atoms with E-state index >= 15 is 0 Å². The van der Waals surface area contributed by atoms with E-state index in [0.29, 0.717) is 42.5 Å². The minimum atomic E-state index is -0.398. The Morgan fingerprint density at radius 2 is 1.81 bits per heavy atom. The normalized spacial score (nSPS) is 33.2. The average Bonchev–Trinajstić information content (AvgIpc) is 2.93. The Morgan fingerprint density at radius 3 is 2.41 bits per heavy atom. The summed E-state index contributed by atoms with van der Waals surface area (Å²) in [6.45, 7) is 5.43. The number of carbonyl (C=O) groups is 1. The topological polar surface area (TPSA) is 58.6 Å². The number of anilines is 1. The van der Waals surface area contributed by atoms with Crippen LogP contribution < -0.4 is 4.90 Å². The van der Waals surface area contributed by atoms with E-state index < -0.39 is 5.82 Å². The molecule has 1 unspecified atom stereocenters. The summed E-state index contributed by atoms with van der Waals surface area (Å²) in [7, 11) is 0. The molecular weight excluding hydrogens is 347 g/mol. The molecule has 0 radical (unpaired) electrons. The third kappa shape index (κ3) is 3.60. The molecule has 0 saturated carbocycles. The minimum Gasteiger partial charge on any atom is -0.450 e. The average molecular weight is 376 g/mol. The van der Waals surface area contributed by atoms with Crippen LogP contribution in [0.2, 0.25) is 0 Å². The van der Waals surface area contributed by atoms with Crippen LogP contribution in [0.15, 0.2) is 12.4 Å². The Balaban J connectivity index is 1.38. The highest BCUT2D eigenvalue weighted by atomic mass is 19.1. The Labute approximate surface area is 160 Å². The van der Waals surface area contributed by atoms with E-state index in [1.165, 1.54) is 12.4 Å². The largest absolute Gasteiger partial charge is 0.450 e. The summed E-state index contributed by atoms with van der Waals surface area (Å²) in [4.78, 5) is 24.8. The first-order valence-electron chi connectivity index (χ1n) is 10.3. The van der Waals surface area contributed by atoms with Crippen LogP contribution in [0.3, 0.4) is 0 Å². The highest BCUT2D eigenvalue weighted by Gasteiger charge is 2.46. The number of piperidine rings is 2. The third-order valence-corrected chi connectivity index (χ3v) is 6.70. The molecule has 0 spiro atoms. The molecule has 1 aromatic heterocycles. The molecule has 148 valence electrons. The molecule has 0 aliphatic carbocycles.